The lowest BCUT2D eigenvalue weighted by molar-refractivity contribution is -0.131. The van der Waals surface area contributed by atoms with Crippen LogP contribution in [-0.4, -0.2) is 22.7 Å². The number of hydrogen-bond acceptors (Lipinski definition) is 3. The van der Waals surface area contributed by atoms with E-state index in [1.807, 2.05) is 6.92 Å². The van der Waals surface area contributed by atoms with E-state index in [2.05, 4.69) is 15.3 Å². The molecule has 0 aliphatic carbocycles. The molecule has 1 heterocycles. The van der Waals surface area contributed by atoms with Crippen molar-refractivity contribution < 1.29 is 13.2 Å². The van der Waals surface area contributed by atoms with E-state index in [0.717, 1.165) is 6.42 Å². The summed E-state index contributed by atoms with van der Waals surface area (Å²) in [6.45, 7) is 1.73. The maximum Gasteiger partial charge on any atom is 0.390 e. The fourth-order valence-electron chi connectivity index (χ4n) is 1.34. The Balaban J connectivity index is 2.67. The van der Waals surface area contributed by atoms with Crippen LogP contribution in [0.25, 0.3) is 0 Å². The van der Waals surface area contributed by atoms with Gasteiger partial charge in [-0.25, -0.2) is 9.97 Å². The standard InChI is InChI=1S/C10H13ClF3N3/c1-2-3-7-8(11)16-6-17-9(7)15-5-4-10(12,13)14/h6H,2-5H2,1H3,(H,15,16,17). The van der Waals surface area contributed by atoms with Gasteiger partial charge in [-0.1, -0.05) is 24.9 Å². The summed E-state index contributed by atoms with van der Waals surface area (Å²) in [6.07, 6.45) is -2.39. The molecular weight excluding hydrogens is 255 g/mol. The highest BCUT2D eigenvalue weighted by Gasteiger charge is 2.26. The number of nitrogens with zero attached hydrogens (tertiary/aromatic N) is 2. The average molecular weight is 268 g/mol. The predicted octanol–water partition coefficient (Wildman–Crippen LogP) is 3.45. The molecule has 1 N–H and O–H groups in total. The maximum atomic E-state index is 12.0. The molecule has 96 valence electrons. The van der Waals surface area contributed by atoms with Crippen LogP contribution < -0.4 is 5.32 Å². The van der Waals surface area contributed by atoms with Crippen LogP contribution in [0.5, 0.6) is 0 Å². The van der Waals surface area contributed by atoms with Crippen LogP contribution in [0, 0.1) is 0 Å². The van der Waals surface area contributed by atoms with Gasteiger partial charge in [0.15, 0.2) is 0 Å². The quantitative estimate of drug-likeness (QED) is 0.831. The largest absolute Gasteiger partial charge is 0.390 e. The third kappa shape index (κ3) is 4.77. The summed E-state index contributed by atoms with van der Waals surface area (Å²) >= 11 is 5.86. The molecular formula is C10H13ClF3N3. The highest BCUT2D eigenvalue weighted by Crippen LogP contribution is 2.23. The second-order valence-electron chi connectivity index (χ2n) is 3.53. The van der Waals surface area contributed by atoms with E-state index in [4.69, 9.17) is 11.6 Å². The van der Waals surface area contributed by atoms with Crippen LogP contribution in [0.1, 0.15) is 25.3 Å². The van der Waals surface area contributed by atoms with Crippen molar-refractivity contribution in [1.29, 1.82) is 0 Å². The van der Waals surface area contributed by atoms with Gasteiger partial charge in [-0.05, 0) is 6.42 Å². The van der Waals surface area contributed by atoms with Crippen molar-refractivity contribution in [3.8, 4) is 0 Å². The lowest BCUT2D eigenvalue weighted by atomic mass is 10.2. The lowest BCUT2D eigenvalue weighted by Crippen LogP contribution is -2.16. The van der Waals surface area contributed by atoms with Gasteiger partial charge in [-0.15, -0.1) is 0 Å². The molecule has 1 aromatic rings. The van der Waals surface area contributed by atoms with Crippen molar-refractivity contribution >= 4 is 17.4 Å². The first-order valence-electron chi connectivity index (χ1n) is 5.24. The maximum absolute atomic E-state index is 12.0. The zero-order valence-electron chi connectivity index (χ0n) is 9.31. The normalized spacial score (nSPS) is 11.6. The molecule has 0 atom stereocenters. The summed E-state index contributed by atoms with van der Waals surface area (Å²) in [5.74, 6) is 0.385. The molecule has 0 unspecified atom stereocenters. The van der Waals surface area contributed by atoms with E-state index >= 15 is 0 Å². The van der Waals surface area contributed by atoms with Crippen LogP contribution in [0.3, 0.4) is 0 Å². The van der Waals surface area contributed by atoms with Gasteiger partial charge in [-0.3, -0.25) is 0 Å². The molecule has 7 heteroatoms. The Morgan fingerprint density at radius 3 is 2.65 bits per heavy atom. The summed E-state index contributed by atoms with van der Waals surface area (Å²) in [6, 6.07) is 0. The van der Waals surface area contributed by atoms with Gasteiger partial charge in [0.05, 0.1) is 6.42 Å². The monoisotopic (exact) mass is 267 g/mol. The van der Waals surface area contributed by atoms with E-state index in [1.54, 1.807) is 0 Å². The topological polar surface area (TPSA) is 37.8 Å². The highest BCUT2D eigenvalue weighted by atomic mass is 35.5. The van der Waals surface area contributed by atoms with Crippen LogP contribution in [-0.2, 0) is 6.42 Å². The Morgan fingerprint density at radius 2 is 2.06 bits per heavy atom. The Morgan fingerprint density at radius 1 is 1.35 bits per heavy atom. The SMILES string of the molecule is CCCc1c(Cl)ncnc1NCCC(F)(F)F. The molecule has 3 nitrogen and oxygen atoms in total. The van der Waals surface area contributed by atoms with Crippen molar-refractivity contribution in [2.24, 2.45) is 0 Å². The fraction of sp³-hybridized carbons (Fsp3) is 0.600. The molecule has 17 heavy (non-hydrogen) atoms. The smallest absolute Gasteiger partial charge is 0.369 e. The van der Waals surface area contributed by atoms with Crippen molar-refractivity contribution in [3.63, 3.8) is 0 Å². The summed E-state index contributed by atoms with van der Waals surface area (Å²) in [7, 11) is 0. The molecule has 1 aromatic heterocycles. The second kappa shape index (κ2) is 6.05. The molecule has 0 aliphatic heterocycles. The third-order valence-electron chi connectivity index (χ3n) is 2.09. The molecule has 0 saturated heterocycles. The molecule has 0 aliphatic rings. The molecule has 0 aromatic carbocycles. The van der Waals surface area contributed by atoms with Crippen molar-refractivity contribution in [2.75, 3.05) is 11.9 Å². The number of rotatable bonds is 5. The van der Waals surface area contributed by atoms with E-state index in [9.17, 15) is 13.2 Å². The van der Waals surface area contributed by atoms with Gasteiger partial charge in [0, 0.05) is 12.1 Å². The number of nitrogens with one attached hydrogen (secondary N) is 1. The van der Waals surface area contributed by atoms with E-state index < -0.39 is 12.6 Å². The molecule has 0 radical (unpaired) electrons. The van der Waals surface area contributed by atoms with E-state index in [1.165, 1.54) is 6.33 Å². The Labute approximate surface area is 102 Å². The van der Waals surface area contributed by atoms with Crippen LogP contribution >= 0.6 is 11.6 Å². The van der Waals surface area contributed by atoms with Crippen molar-refractivity contribution in [1.82, 2.24) is 9.97 Å². The first kappa shape index (κ1) is 14.0. The van der Waals surface area contributed by atoms with Crippen molar-refractivity contribution in [2.45, 2.75) is 32.4 Å². The van der Waals surface area contributed by atoms with Gasteiger partial charge in [0.1, 0.15) is 17.3 Å². The second-order valence-corrected chi connectivity index (χ2v) is 3.89. The van der Waals surface area contributed by atoms with Crippen LogP contribution in [0.2, 0.25) is 5.15 Å². The summed E-state index contributed by atoms with van der Waals surface area (Å²) < 4.78 is 36.0. The average Bonchev–Trinajstić information content (AvgIpc) is 2.21. The van der Waals surface area contributed by atoms with Gasteiger partial charge in [0.2, 0.25) is 0 Å². The number of anilines is 1. The first-order chi connectivity index (χ1) is 7.94. The van der Waals surface area contributed by atoms with Gasteiger partial charge < -0.3 is 5.32 Å². The Kier molecular flexibility index (Phi) is 4.99. The molecule has 0 amide bonds. The molecule has 0 bridgehead atoms. The van der Waals surface area contributed by atoms with Crippen LogP contribution in [0.4, 0.5) is 19.0 Å². The highest BCUT2D eigenvalue weighted by molar-refractivity contribution is 6.30. The number of alkyl halides is 3. The summed E-state index contributed by atoms with van der Waals surface area (Å²) in [5, 5.41) is 2.93. The fourth-order valence-corrected chi connectivity index (χ4v) is 1.56. The van der Waals surface area contributed by atoms with E-state index in [0.29, 0.717) is 17.8 Å². The van der Waals surface area contributed by atoms with Gasteiger partial charge in [-0.2, -0.15) is 13.2 Å². The van der Waals surface area contributed by atoms with Crippen LogP contribution in [0.15, 0.2) is 6.33 Å². The van der Waals surface area contributed by atoms with E-state index in [-0.39, 0.29) is 11.7 Å². The zero-order valence-corrected chi connectivity index (χ0v) is 10.1. The number of aromatic nitrogens is 2. The molecule has 0 fully saturated rings. The summed E-state index contributed by atoms with van der Waals surface area (Å²) in [4.78, 5) is 7.71. The molecule has 1 rings (SSSR count). The van der Waals surface area contributed by atoms with Gasteiger partial charge in [0.25, 0.3) is 0 Å². The first-order valence-corrected chi connectivity index (χ1v) is 5.62. The predicted molar refractivity (Wildman–Crippen MR) is 60.2 cm³/mol. The number of hydrogen-bond donors (Lipinski definition) is 1. The molecule has 0 spiro atoms. The van der Waals surface area contributed by atoms with Crippen molar-refractivity contribution in [3.05, 3.63) is 17.0 Å². The lowest BCUT2D eigenvalue weighted by Gasteiger charge is -2.12. The third-order valence-corrected chi connectivity index (χ3v) is 2.42. The van der Waals surface area contributed by atoms with Gasteiger partial charge >= 0.3 is 6.18 Å². The minimum atomic E-state index is -4.17. The Hall–Kier alpha value is -1.04. The summed E-state index contributed by atoms with van der Waals surface area (Å²) in [5.41, 5.74) is 0.666. The minimum absolute atomic E-state index is 0.215. The minimum Gasteiger partial charge on any atom is -0.369 e. The zero-order chi connectivity index (χ0) is 12.9. The number of halogens is 4. The Bertz CT molecular complexity index is 368. The molecule has 0 saturated carbocycles.